The van der Waals surface area contributed by atoms with Crippen LogP contribution in [0.5, 0.6) is 11.5 Å². The molecule has 8 rings (SSSR count). The number of carbonyl (C=O) groups excluding carboxylic acids is 3. The molecule has 2 atom stereocenters. The zero-order valence-corrected chi connectivity index (χ0v) is 31.1. The second kappa shape index (κ2) is 15.0. The quantitative estimate of drug-likeness (QED) is 0.119. The molecule has 0 saturated carbocycles. The number of anilines is 2. The number of hydrogen-bond acceptors (Lipinski definition) is 6. The van der Waals surface area contributed by atoms with Gasteiger partial charge in [-0.25, -0.2) is 9.69 Å². The van der Waals surface area contributed by atoms with Crippen LogP contribution in [0.3, 0.4) is 0 Å². The van der Waals surface area contributed by atoms with E-state index in [1.165, 1.54) is 22.9 Å². The maximum atomic E-state index is 14.4. The van der Waals surface area contributed by atoms with E-state index in [9.17, 15) is 14.4 Å². The van der Waals surface area contributed by atoms with Crippen LogP contribution in [0.25, 0.3) is 6.08 Å². The first-order valence-corrected chi connectivity index (χ1v) is 18.8. The summed E-state index contributed by atoms with van der Waals surface area (Å²) < 4.78 is 11.9. The lowest BCUT2D eigenvalue weighted by Crippen LogP contribution is -2.54. The minimum Gasteiger partial charge on any atom is -0.490 e. The fraction of sp³-hybridized carbons (Fsp3) is 0.205. The van der Waals surface area contributed by atoms with Crippen LogP contribution in [0, 0.1) is 0 Å². The van der Waals surface area contributed by atoms with Crippen molar-refractivity contribution >= 4 is 58.5 Å². The van der Waals surface area contributed by atoms with Crippen LogP contribution in [-0.4, -0.2) is 37.5 Å². The molecule has 10 heteroatoms. The molecular weight excluding hydrogens is 721 g/mol. The fourth-order valence-corrected chi connectivity index (χ4v) is 8.14. The van der Waals surface area contributed by atoms with E-state index >= 15 is 0 Å². The first kappa shape index (κ1) is 35.5. The number of rotatable bonds is 9. The van der Waals surface area contributed by atoms with Crippen LogP contribution < -0.4 is 24.6 Å². The van der Waals surface area contributed by atoms with Gasteiger partial charge in [-0.15, -0.1) is 0 Å². The summed E-state index contributed by atoms with van der Waals surface area (Å²) in [5.74, 6) is -0.432. The molecule has 3 heterocycles. The van der Waals surface area contributed by atoms with E-state index in [1.54, 1.807) is 30.3 Å². The molecule has 1 N–H and O–H groups in total. The number of urea groups is 1. The largest absolute Gasteiger partial charge is 0.490 e. The van der Waals surface area contributed by atoms with E-state index in [0.717, 1.165) is 47.5 Å². The van der Waals surface area contributed by atoms with Gasteiger partial charge in [0.1, 0.15) is 12.2 Å². The van der Waals surface area contributed by atoms with E-state index in [-0.39, 0.29) is 24.0 Å². The number of imide groups is 2. The number of halogens is 2. The highest BCUT2D eigenvalue weighted by Gasteiger charge is 2.40. The van der Waals surface area contributed by atoms with Crippen LogP contribution in [0.15, 0.2) is 115 Å². The van der Waals surface area contributed by atoms with Crippen molar-refractivity contribution in [3.63, 3.8) is 0 Å². The van der Waals surface area contributed by atoms with Gasteiger partial charge >= 0.3 is 6.03 Å². The third-order valence-corrected chi connectivity index (χ3v) is 11.1. The summed E-state index contributed by atoms with van der Waals surface area (Å²) in [5, 5.41) is 3.31. The van der Waals surface area contributed by atoms with Gasteiger partial charge in [0.15, 0.2) is 11.5 Å². The summed E-state index contributed by atoms with van der Waals surface area (Å²) in [6, 6.07) is 34.3. The highest BCUT2D eigenvalue weighted by Crippen LogP contribution is 2.50. The molecule has 5 aromatic carbocycles. The molecule has 0 aromatic heterocycles. The van der Waals surface area contributed by atoms with Gasteiger partial charge in [0.25, 0.3) is 11.8 Å². The molecule has 3 aliphatic heterocycles. The summed E-state index contributed by atoms with van der Waals surface area (Å²) in [4.78, 5) is 44.9. The predicted octanol–water partition coefficient (Wildman–Crippen LogP) is 9.52. The molecule has 272 valence electrons. The molecule has 1 fully saturated rings. The molecule has 54 heavy (non-hydrogen) atoms. The summed E-state index contributed by atoms with van der Waals surface area (Å²) in [5.41, 5.74) is 7.27. The Labute approximate surface area is 323 Å². The summed E-state index contributed by atoms with van der Waals surface area (Å²) in [6.45, 7) is 4.25. The lowest BCUT2D eigenvalue weighted by atomic mass is 9.76. The molecule has 3 aliphatic rings. The van der Waals surface area contributed by atoms with Crippen molar-refractivity contribution in [2.24, 2.45) is 0 Å². The normalized spacial score (nSPS) is 18.7. The van der Waals surface area contributed by atoms with Crippen molar-refractivity contribution in [2.75, 3.05) is 29.5 Å². The van der Waals surface area contributed by atoms with Gasteiger partial charge in [-0.3, -0.25) is 14.9 Å². The number of hydrogen-bond donors (Lipinski definition) is 1. The Morgan fingerprint density at radius 1 is 0.741 bits per heavy atom. The van der Waals surface area contributed by atoms with Crippen LogP contribution in [-0.2, 0) is 16.2 Å². The number of benzene rings is 5. The Bertz CT molecular complexity index is 2220. The van der Waals surface area contributed by atoms with Crippen molar-refractivity contribution in [1.29, 1.82) is 0 Å². The lowest BCUT2D eigenvalue weighted by molar-refractivity contribution is -0.122. The number of carbonyl (C=O) groups is 3. The van der Waals surface area contributed by atoms with Gasteiger partial charge in [0.2, 0.25) is 0 Å². The highest BCUT2D eigenvalue weighted by molar-refractivity contribution is 6.42. The zero-order valence-electron chi connectivity index (χ0n) is 29.6. The van der Waals surface area contributed by atoms with Gasteiger partial charge in [0.05, 0.1) is 22.3 Å². The topological polar surface area (TPSA) is 88.2 Å². The Kier molecular flexibility index (Phi) is 9.88. The van der Waals surface area contributed by atoms with Crippen molar-refractivity contribution in [2.45, 2.75) is 38.2 Å². The standard InChI is InChI=1S/C44H37Cl2N3O5/c1-2-53-40-23-27(14-16-39(40)54-26-28-13-15-37(45)38(46)22-28)21-36-42(50)47-44(52)49(43(36)51)31-24-34-32(29-9-5-3-6-10-29)17-19-48-20-18-33(35(25-31)41(34)48)30-11-7-4-8-12-30/h3-16,21-25,32-33H,2,17-20,26H2,1H3,(H,47,50,52)/b36-21+/t32-,33-/m0/s1. The minimum atomic E-state index is -0.786. The first-order valence-electron chi connectivity index (χ1n) is 18.1. The van der Waals surface area contributed by atoms with Gasteiger partial charge < -0.3 is 14.4 Å². The Hall–Kier alpha value is -5.57. The Morgan fingerprint density at radius 2 is 1.39 bits per heavy atom. The molecule has 1 saturated heterocycles. The first-order chi connectivity index (χ1) is 26.3. The maximum absolute atomic E-state index is 14.4. The monoisotopic (exact) mass is 757 g/mol. The third-order valence-electron chi connectivity index (χ3n) is 10.3. The van der Waals surface area contributed by atoms with Gasteiger partial charge in [-0.1, -0.05) is 96.0 Å². The van der Waals surface area contributed by atoms with E-state index < -0.39 is 17.8 Å². The molecule has 0 bridgehead atoms. The molecule has 0 unspecified atom stereocenters. The average molecular weight is 759 g/mol. The number of barbiturate groups is 1. The SMILES string of the molecule is CCOc1cc(/C=C2\C(=O)NC(=O)N(c3cc4c5c(c3)[C@H](c3ccccc3)CCN5CC[C@H]4c3ccccc3)C2=O)ccc1OCc1ccc(Cl)c(Cl)c1. The Balaban J connectivity index is 1.17. The van der Waals surface area contributed by atoms with Crippen molar-refractivity contribution in [1.82, 2.24) is 5.32 Å². The van der Waals surface area contributed by atoms with Crippen LogP contribution >= 0.6 is 23.2 Å². The molecule has 0 radical (unpaired) electrons. The van der Waals surface area contributed by atoms with Gasteiger partial charge in [-0.05, 0) is 95.6 Å². The Morgan fingerprint density at radius 3 is 2.00 bits per heavy atom. The number of ether oxygens (including phenoxy) is 2. The lowest BCUT2D eigenvalue weighted by Gasteiger charge is -2.44. The predicted molar refractivity (Wildman–Crippen MR) is 212 cm³/mol. The number of nitrogens with zero attached hydrogens (tertiary/aromatic N) is 2. The van der Waals surface area contributed by atoms with E-state index in [2.05, 4.69) is 34.5 Å². The second-order valence-electron chi connectivity index (χ2n) is 13.6. The van der Waals surface area contributed by atoms with Gasteiger partial charge in [-0.2, -0.15) is 0 Å². The minimum absolute atomic E-state index is 0.0691. The second-order valence-corrected chi connectivity index (χ2v) is 14.4. The van der Waals surface area contributed by atoms with Gasteiger partial charge in [0, 0.05) is 30.6 Å². The summed E-state index contributed by atoms with van der Waals surface area (Å²) in [6.07, 6.45) is 3.27. The van der Waals surface area contributed by atoms with E-state index in [4.69, 9.17) is 32.7 Å². The van der Waals surface area contributed by atoms with E-state index in [1.807, 2.05) is 61.5 Å². The van der Waals surface area contributed by atoms with Crippen molar-refractivity contribution in [3.05, 3.63) is 158 Å². The molecular formula is C44H37Cl2N3O5. The van der Waals surface area contributed by atoms with E-state index in [0.29, 0.717) is 39.4 Å². The smallest absolute Gasteiger partial charge is 0.335 e. The molecule has 5 aromatic rings. The maximum Gasteiger partial charge on any atom is 0.335 e. The number of amides is 4. The van der Waals surface area contributed by atoms with Crippen LogP contribution in [0.2, 0.25) is 10.0 Å². The highest BCUT2D eigenvalue weighted by atomic mass is 35.5. The average Bonchev–Trinajstić information content (AvgIpc) is 3.18. The molecule has 0 spiro atoms. The summed E-state index contributed by atoms with van der Waals surface area (Å²) >= 11 is 12.3. The fourth-order valence-electron chi connectivity index (χ4n) is 7.82. The number of nitrogens with one attached hydrogen (secondary N) is 1. The molecule has 0 aliphatic carbocycles. The molecule has 8 nitrogen and oxygen atoms in total. The summed E-state index contributed by atoms with van der Waals surface area (Å²) in [7, 11) is 0. The third kappa shape index (κ3) is 6.83. The van der Waals surface area contributed by atoms with Crippen LogP contribution in [0.4, 0.5) is 16.2 Å². The molecule has 4 amide bonds. The van der Waals surface area contributed by atoms with Crippen LogP contribution in [0.1, 0.15) is 65.0 Å². The van der Waals surface area contributed by atoms with Crippen molar-refractivity contribution < 1.29 is 23.9 Å². The van der Waals surface area contributed by atoms with Crippen molar-refractivity contribution in [3.8, 4) is 11.5 Å². The zero-order chi connectivity index (χ0) is 37.3.